The van der Waals surface area contributed by atoms with E-state index in [0.29, 0.717) is 12.8 Å². The van der Waals surface area contributed by atoms with Gasteiger partial charge in [0.2, 0.25) is 5.91 Å². The van der Waals surface area contributed by atoms with Crippen molar-refractivity contribution in [1.29, 1.82) is 0 Å². The fourth-order valence-electron chi connectivity index (χ4n) is 2.88. The third-order valence-corrected chi connectivity index (χ3v) is 4.16. The van der Waals surface area contributed by atoms with Gasteiger partial charge in [-0.1, -0.05) is 12.1 Å². The van der Waals surface area contributed by atoms with E-state index in [1.807, 2.05) is 17.0 Å². The number of anilines is 1. The highest BCUT2D eigenvalue weighted by molar-refractivity contribution is 5.76. The number of benzene rings is 1. The maximum atomic E-state index is 12.3. The molecule has 0 radical (unpaired) electrons. The largest absolute Gasteiger partial charge is 0.469 e. The zero-order valence-electron chi connectivity index (χ0n) is 13.0. The van der Waals surface area contributed by atoms with E-state index in [-0.39, 0.29) is 5.91 Å². The Labute approximate surface area is 131 Å². The van der Waals surface area contributed by atoms with Crippen molar-refractivity contribution in [3.8, 4) is 0 Å². The van der Waals surface area contributed by atoms with Crippen molar-refractivity contribution < 1.29 is 9.21 Å². The summed E-state index contributed by atoms with van der Waals surface area (Å²) in [6.45, 7) is 5.50. The Bertz CT molecular complexity index is 614. The lowest BCUT2D eigenvalue weighted by Crippen LogP contribution is -2.48. The minimum absolute atomic E-state index is 0.222. The summed E-state index contributed by atoms with van der Waals surface area (Å²) < 4.78 is 5.28. The summed E-state index contributed by atoms with van der Waals surface area (Å²) in [6.07, 6.45) is 2.86. The van der Waals surface area contributed by atoms with Gasteiger partial charge in [-0.05, 0) is 36.8 Å². The molecule has 2 aromatic rings. The van der Waals surface area contributed by atoms with E-state index in [2.05, 4.69) is 36.1 Å². The summed E-state index contributed by atoms with van der Waals surface area (Å²) in [4.78, 5) is 16.6. The summed E-state index contributed by atoms with van der Waals surface area (Å²) in [5.74, 6) is 1.10. The van der Waals surface area contributed by atoms with Crippen LogP contribution in [0.15, 0.2) is 47.1 Å². The molecule has 1 aromatic carbocycles. The molecule has 3 rings (SSSR count). The molecule has 1 amide bonds. The van der Waals surface area contributed by atoms with E-state index in [1.165, 1.54) is 11.3 Å². The third kappa shape index (κ3) is 3.50. The maximum Gasteiger partial charge on any atom is 0.223 e. The number of amides is 1. The molecule has 1 aromatic heterocycles. The number of piperazine rings is 1. The van der Waals surface area contributed by atoms with Crippen molar-refractivity contribution in [1.82, 2.24) is 4.90 Å². The van der Waals surface area contributed by atoms with Crippen molar-refractivity contribution in [2.24, 2.45) is 0 Å². The molecule has 0 saturated carbocycles. The van der Waals surface area contributed by atoms with Gasteiger partial charge >= 0.3 is 0 Å². The molecular formula is C18H22N2O2. The molecule has 1 aliphatic rings. The van der Waals surface area contributed by atoms with Crippen LogP contribution in [-0.4, -0.2) is 37.0 Å². The van der Waals surface area contributed by atoms with Gasteiger partial charge in [0.15, 0.2) is 0 Å². The Morgan fingerprint density at radius 1 is 1.14 bits per heavy atom. The Morgan fingerprint density at radius 3 is 2.64 bits per heavy atom. The van der Waals surface area contributed by atoms with E-state index in [4.69, 9.17) is 4.42 Å². The van der Waals surface area contributed by atoms with Gasteiger partial charge in [-0.2, -0.15) is 0 Å². The third-order valence-electron chi connectivity index (χ3n) is 4.16. The number of hydrogen-bond acceptors (Lipinski definition) is 3. The number of rotatable bonds is 4. The summed E-state index contributed by atoms with van der Waals surface area (Å²) in [5.41, 5.74) is 2.53. The molecule has 4 nitrogen and oxygen atoms in total. The number of aryl methyl sites for hydroxylation is 2. The van der Waals surface area contributed by atoms with Gasteiger partial charge in [0, 0.05) is 44.7 Å². The topological polar surface area (TPSA) is 36.7 Å². The van der Waals surface area contributed by atoms with E-state index in [0.717, 1.165) is 31.9 Å². The lowest BCUT2D eigenvalue weighted by molar-refractivity contribution is -0.131. The zero-order valence-corrected chi connectivity index (χ0v) is 13.0. The highest BCUT2D eigenvalue weighted by Gasteiger charge is 2.21. The molecule has 0 bridgehead atoms. The second-order valence-electron chi connectivity index (χ2n) is 5.79. The molecule has 0 N–H and O–H groups in total. The Morgan fingerprint density at radius 2 is 1.95 bits per heavy atom. The molecule has 1 fully saturated rings. The molecule has 4 heteroatoms. The molecule has 0 unspecified atom stereocenters. The van der Waals surface area contributed by atoms with Crippen LogP contribution in [0.2, 0.25) is 0 Å². The van der Waals surface area contributed by atoms with Crippen LogP contribution in [0.25, 0.3) is 0 Å². The van der Waals surface area contributed by atoms with Gasteiger partial charge in [-0.3, -0.25) is 4.79 Å². The summed E-state index contributed by atoms with van der Waals surface area (Å²) in [7, 11) is 0. The van der Waals surface area contributed by atoms with Crippen LogP contribution < -0.4 is 4.90 Å². The minimum atomic E-state index is 0.222. The monoisotopic (exact) mass is 298 g/mol. The quantitative estimate of drug-likeness (QED) is 0.871. The number of furan rings is 1. The smallest absolute Gasteiger partial charge is 0.223 e. The van der Waals surface area contributed by atoms with Crippen molar-refractivity contribution in [2.45, 2.75) is 19.8 Å². The molecule has 2 heterocycles. The summed E-state index contributed by atoms with van der Waals surface area (Å²) >= 11 is 0. The highest BCUT2D eigenvalue weighted by Crippen LogP contribution is 2.18. The van der Waals surface area contributed by atoms with E-state index in [9.17, 15) is 4.79 Å². The van der Waals surface area contributed by atoms with Crippen LogP contribution >= 0.6 is 0 Å². The second-order valence-corrected chi connectivity index (χ2v) is 5.79. The number of hydrogen-bond donors (Lipinski definition) is 0. The van der Waals surface area contributed by atoms with Crippen LogP contribution in [0, 0.1) is 6.92 Å². The Balaban J connectivity index is 1.49. The van der Waals surface area contributed by atoms with E-state index in [1.54, 1.807) is 6.26 Å². The Kier molecular flexibility index (Phi) is 4.47. The van der Waals surface area contributed by atoms with Gasteiger partial charge in [0.1, 0.15) is 5.76 Å². The van der Waals surface area contributed by atoms with Crippen molar-refractivity contribution in [3.05, 3.63) is 54.0 Å². The van der Waals surface area contributed by atoms with Gasteiger partial charge in [0.05, 0.1) is 6.26 Å². The van der Waals surface area contributed by atoms with E-state index >= 15 is 0 Å². The normalized spacial score (nSPS) is 15.1. The number of nitrogens with zero attached hydrogens (tertiary/aromatic N) is 2. The predicted molar refractivity (Wildman–Crippen MR) is 87.0 cm³/mol. The first-order valence-electron chi connectivity index (χ1n) is 7.84. The number of carbonyl (C=O) groups is 1. The SMILES string of the molecule is Cc1cccc(N2CCN(C(=O)CCc3ccco3)CC2)c1. The molecule has 0 spiro atoms. The first-order valence-corrected chi connectivity index (χ1v) is 7.84. The molecule has 1 saturated heterocycles. The van der Waals surface area contributed by atoms with Crippen molar-refractivity contribution in [2.75, 3.05) is 31.1 Å². The van der Waals surface area contributed by atoms with Crippen LogP contribution in [0.4, 0.5) is 5.69 Å². The second kappa shape index (κ2) is 6.69. The van der Waals surface area contributed by atoms with Crippen LogP contribution in [0.1, 0.15) is 17.7 Å². The number of carbonyl (C=O) groups excluding carboxylic acids is 1. The van der Waals surface area contributed by atoms with Gasteiger partial charge in [0.25, 0.3) is 0 Å². The summed E-state index contributed by atoms with van der Waals surface area (Å²) in [5, 5.41) is 0. The molecule has 116 valence electrons. The van der Waals surface area contributed by atoms with Crippen LogP contribution in [0.5, 0.6) is 0 Å². The van der Waals surface area contributed by atoms with Crippen LogP contribution in [-0.2, 0) is 11.2 Å². The minimum Gasteiger partial charge on any atom is -0.469 e. The van der Waals surface area contributed by atoms with Crippen LogP contribution in [0.3, 0.4) is 0 Å². The maximum absolute atomic E-state index is 12.3. The van der Waals surface area contributed by atoms with Crippen molar-refractivity contribution >= 4 is 11.6 Å². The highest BCUT2D eigenvalue weighted by atomic mass is 16.3. The van der Waals surface area contributed by atoms with Crippen molar-refractivity contribution in [3.63, 3.8) is 0 Å². The first-order chi connectivity index (χ1) is 10.7. The molecular weight excluding hydrogens is 276 g/mol. The Hall–Kier alpha value is -2.23. The first kappa shape index (κ1) is 14.7. The molecule has 0 atom stereocenters. The average molecular weight is 298 g/mol. The fraction of sp³-hybridized carbons (Fsp3) is 0.389. The van der Waals surface area contributed by atoms with E-state index < -0.39 is 0 Å². The lowest BCUT2D eigenvalue weighted by atomic mass is 10.1. The van der Waals surface area contributed by atoms with Gasteiger partial charge < -0.3 is 14.2 Å². The summed E-state index contributed by atoms with van der Waals surface area (Å²) in [6, 6.07) is 12.3. The van der Waals surface area contributed by atoms with Gasteiger partial charge in [-0.25, -0.2) is 0 Å². The predicted octanol–water partition coefficient (Wildman–Crippen LogP) is 2.87. The molecule has 22 heavy (non-hydrogen) atoms. The average Bonchev–Trinajstić information content (AvgIpc) is 3.06. The molecule has 0 aliphatic carbocycles. The molecule has 1 aliphatic heterocycles. The standard InChI is InChI=1S/C18H22N2O2/c1-15-4-2-5-16(14-15)19-9-11-20(12-10-19)18(21)8-7-17-6-3-13-22-17/h2-6,13-14H,7-12H2,1H3. The zero-order chi connectivity index (χ0) is 15.4. The lowest BCUT2D eigenvalue weighted by Gasteiger charge is -2.36. The van der Waals surface area contributed by atoms with Gasteiger partial charge in [-0.15, -0.1) is 0 Å². The fourth-order valence-corrected chi connectivity index (χ4v) is 2.88.